The highest BCUT2D eigenvalue weighted by atomic mass is 16.3. The molecule has 0 aromatic heterocycles. The molecule has 1 aliphatic rings. The first-order valence-electron chi connectivity index (χ1n) is 6.63. The van der Waals surface area contributed by atoms with Gasteiger partial charge >= 0.3 is 0 Å². The molecule has 3 N–H and O–H groups in total. The van der Waals surface area contributed by atoms with Gasteiger partial charge in [-0.3, -0.25) is 9.69 Å². The topological polar surface area (TPSA) is 66.6 Å². The SMILES string of the molecule is Cc1cc(CN2CCC(C)(C(N)=O)C2)cc(C)c1O. The fraction of sp³-hybridized carbons (Fsp3) is 0.533. The molecule has 1 saturated heterocycles. The molecule has 1 amide bonds. The molecule has 0 saturated carbocycles. The molecule has 1 aromatic carbocycles. The molecule has 19 heavy (non-hydrogen) atoms. The van der Waals surface area contributed by atoms with Crippen molar-refractivity contribution in [3.63, 3.8) is 0 Å². The summed E-state index contributed by atoms with van der Waals surface area (Å²) in [4.78, 5) is 13.7. The van der Waals surface area contributed by atoms with Crippen molar-refractivity contribution in [3.8, 4) is 5.75 Å². The number of carbonyl (C=O) groups excluding carboxylic acids is 1. The number of likely N-dealkylation sites (tertiary alicyclic amines) is 1. The predicted octanol–water partition coefficient (Wildman–Crippen LogP) is 1.71. The Morgan fingerprint density at radius 3 is 2.47 bits per heavy atom. The Labute approximate surface area is 114 Å². The molecular weight excluding hydrogens is 240 g/mol. The van der Waals surface area contributed by atoms with Gasteiger partial charge < -0.3 is 10.8 Å². The zero-order valence-electron chi connectivity index (χ0n) is 11.9. The number of primary amides is 1. The molecule has 1 atom stereocenters. The molecule has 1 heterocycles. The number of benzene rings is 1. The van der Waals surface area contributed by atoms with Crippen molar-refractivity contribution >= 4 is 5.91 Å². The van der Waals surface area contributed by atoms with Crippen molar-refractivity contribution < 1.29 is 9.90 Å². The van der Waals surface area contributed by atoms with Crippen LogP contribution in [0.25, 0.3) is 0 Å². The first-order chi connectivity index (χ1) is 8.82. The maximum Gasteiger partial charge on any atom is 0.224 e. The Kier molecular flexibility index (Phi) is 3.54. The molecule has 0 aliphatic carbocycles. The van der Waals surface area contributed by atoms with Gasteiger partial charge in [0.1, 0.15) is 5.75 Å². The Morgan fingerprint density at radius 1 is 1.42 bits per heavy atom. The van der Waals surface area contributed by atoms with Gasteiger partial charge in [-0.2, -0.15) is 0 Å². The van der Waals surface area contributed by atoms with Crippen LogP contribution in [0.1, 0.15) is 30.0 Å². The summed E-state index contributed by atoms with van der Waals surface area (Å²) in [5, 5.41) is 9.77. The van der Waals surface area contributed by atoms with Crippen LogP contribution in [0.4, 0.5) is 0 Å². The van der Waals surface area contributed by atoms with Crippen LogP contribution in [0.2, 0.25) is 0 Å². The predicted molar refractivity (Wildman–Crippen MR) is 74.8 cm³/mol. The van der Waals surface area contributed by atoms with Crippen molar-refractivity contribution in [1.29, 1.82) is 0 Å². The smallest absolute Gasteiger partial charge is 0.224 e. The fourth-order valence-corrected chi connectivity index (χ4v) is 2.79. The lowest BCUT2D eigenvalue weighted by Crippen LogP contribution is -2.36. The number of amides is 1. The van der Waals surface area contributed by atoms with E-state index in [4.69, 9.17) is 5.73 Å². The average molecular weight is 262 g/mol. The number of phenols is 1. The summed E-state index contributed by atoms with van der Waals surface area (Å²) in [7, 11) is 0. The normalized spacial score (nSPS) is 23.7. The molecule has 0 radical (unpaired) electrons. The van der Waals surface area contributed by atoms with E-state index in [0.29, 0.717) is 12.3 Å². The van der Waals surface area contributed by atoms with Gasteiger partial charge in [0.25, 0.3) is 0 Å². The number of aryl methyl sites for hydroxylation is 2. The van der Waals surface area contributed by atoms with Crippen LogP contribution < -0.4 is 5.73 Å². The van der Waals surface area contributed by atoms with Crippen LogP contribution in [0.3, 0.4) is 0 Å². The van der Waals surface area contributed by atoms with Gasteiger partial charge in [0.2, 0.25) is 5.91 Å². The van der Waals surface area contributed by atoms with E-state index >= 15 is 0 Å². The van der Waals surface area contributed by atoms with Crippen LogP contribution in [0.5, 0.6) is 5.75 Å². The largest absolute Gasteiger partial charge is 0.507 e. The molecule has 1 aliphatic heterocycles. The highest BCUT2D eigenvalue weighted by molar-refractivity contribution is 5.81. The van der Waals surface area contributed by atoms with Crippen LogP contribution in [-0.2, 0) is 11.3 Å². The molecule has 4 heteroatoms. The van der Waals surface area contributed by atoms with Crippen molar-refractivity contribution in [1.82, 2.24) is 4.90 Å². The maximum absolute atomic E-state index is 11.4. The Hall–Kier alpha value is -1.55. The van der Waals surface area contributed by atoms with Crippen molar-refractivity contribution in [2.24, 2.45) is 11.1 Å². The Morgan fingerprint density at radius 2 is 2.00 bits per heavy atom. The van der Waals surface area contributed by atoms with Gasteiger partial charge in [-0.05, 0) is 50.4 Å². The first kappa shape index (κ1) is 13.9. The third-order valence-corrected chi connectivity index (χ3v) is 4.10. The van der Waals surface area contributed by atoms with E-state index in [1.165, 1.54) is 5.56 Å². The number of rotatable bonds is 3. The monoisotopic (exact) mass is 262 g/mol. The highest BCUT2D eigenvalue weighted by Crippen LogP contribution is 2.31. The third-order valence-electron chi connectivity index (χ3n) is 4.10. The molecule has 1 unspecified atom stereocenters. The lowest BCUT2D eigenvalue weighted by molar-refractivity contribution is -0.126. The van der Waals surface area contributed by atoms with Gasteiger partial charge in [-0.15, -0.1) is 0 Å². The summed E-state index contributed by atoms with van der Waals surface area (Å²) in [6, 6.07) is 4.00. The minimum Gasteiger partial charge on any atom is -0.507 e. The number of carbonyl (C=O) groups is 1. The molecule has 4 nitrogen and oxygen atoms in total. The molecule has 0 spiro atoms. The second kappa shape index (κ2) is 4.85. The number of aromatic hydroxyl groups is 1. The third kappa shape index (κ3) is 2.73. The summed E-state index contributed by atoms with van der Waals surface area (Å²) < 4.78 is 0. The first-order valence-corrected chi connectivity index (χ1v) is 6.63. The van der Waals surface area contributed by atoms with E-state index in [1.807, 2.05) is 32.9 Å². The lowest BCUT2D eigenvalue weighted by atomic mass is 9.89. The van der Waals surface area contributed by atoms with Gasteiger partial charge in [-0.25, -0.2) is 0 Å². The fourth-order valence-electron chi connectivity index (χ4n) is 2.79. The van der Waals surface area contributed by atoms with E-state index in [-0.39, 0.29) is 5.91 Å². The Balaban J connectivity index is 2.10. The lowest BCUT2D eigenvalue weighted by Gasteiger charge is -2.21. The van der Waals surface area contributed by atoms with Gasteiger partial charge in [0.05, 0.1) is 5.41 Å². The molecular formula is C15H22N2O2. The average Bonchev–Trinajstić information content (AvgIpc) is 2.69. The number of phenolic OH excluding ortho intramolecular Hbond substituents is 1. The van der Waals surface area contributed by atoms with Gasteiger partial charge in [-0.1, -0.05) is 12.1 Å². The van der Waals surface area contributed by atoms with Gasteiger partial charge in [0.15, 0.2) is 0 Å². The van der Waals surface area contributed by atoms with Crippen molar-refractivity contribution in [2.45, 2.75) is 33.7 Å². The van der Waals surface area contributed by atoms with Crippen molar-refractivity contribution in [2.75, 3.05) is 13.1 Å². The number of nitrogens with zero attached hydrogens (tertiary/aromatic N) is 1. The van der Waals surface area contributed by atoms with E-state index < -0.39 is 5.41 Å². The quantitative estimate of drug-likeness (QED) is 0.871. The Bertz CT molecular complexity index is 490. The maximum atomic E-state index is 11.4. The number of hydrogen-bond donors (Lipinski definition) is 2. The zero-order chi connectivity index (χ0) is 14.2. The summed E-state index contributed by atoms with van der Waals surface area (Å²) in [6.45, 7) is 8.14. The minimum absolute atomic E-state index is 0.215. The molecule has 1 aromatic rings. The number of hydrogen-bond acceptors (Lipinski definition) is 3. The molecule has 2 rings (SSSR count). The van der Waals surface area contributed by atoms with Crippen LogP contribution in [0.15, 0.2) is 12.1 Å². The second-order valence-electron chi connectivity index (χ2n) is 5.96. The van der Waals surface area contributed by atoms with E-state index in [2.05, 4.69) is 4.90 Å². The van der Waals surface area contributed by atoms with E-state index in [1.54, 1.807) is 0 Å². The molecule has 1 fully saturated rings. The second-order valence-corrected chi connectivity index (χ2v) is 5.96. The summed E-state index contributed by atoms with van der Waals surface area (Å²) in [6.07, 6.45) is 0.818. The van der Waals surface area contributed by atoms with Crippen LogP contribution in [0, 0.1) is 19.3 Å². The zero-order valence-corrected chi connectivity index (χ0v) is 11.9. The minimum atomic E-state index is -0.402. The van der Waals surface area contributed by atoms with Crippen molar-refractivity contribution in [3.05, 3.63) is 28.8 Å². The summed E-state index contributed by atoms with van der Waals surface area (Å²) in [5.74, 6) is 0.153. The molecule has 0 bridgehead atoms. The van der Waals surface area contributed by atoms with Crippen LogP contribution in [-0.4, -0.2) is 29.0 Å². The van der Waals surface area contributed by atoms with Gasteiger partial charge in [0, 0.05) is 13.1 Å². The van der Waals surface area contributed by atoms with E-state index in [0.717, 1.165) is 30.6 Å². The van der Waals surface area contributed by atoms with E-state index in [9.17, 15) is 9.90 Å². The highest BCUT2D eigenvalue weighted by Gasteiger charge is 2.38. The number of nitrogens with two attached hydrogens (primary N) is 1. The summed E-state index contributed by atoms with van der Waals surface area (Å²) >= 11 is 0. The summed E-state index contributed by atoms with van der Waals surface area (Å²) in [5.41, 5.74) is 8.01. The standard InChI is InChI=1S/C15H22N2O2/c1-10-6-12(7-11(2)13(10)18)8-17-5-4-15(3,9-17)14(16)19/h6-7,18H,4-5,8-9H2,1-3H3,(H2,16,19). The molecule has 104 valence electrons. The van der Waals surface area contributed by atoms with Crippen LogP contribution >= 0.6 is 0 Å².